The standard InChI is InChI=1S/C28H34ClNO6/c1-13-11-27-14(2)9-17-21(26(17,3)4)16(23(27)33)10-15(12-31)22(32)28(27,35)24(13)36-25(34)20-18(29)7-6-8-19(20)30-5/h6-8,10-11,14,16-17,21-22,24,30-32,35H,9,12H2,1-5H3/t14-,16+,17-,21+,22-,24+,27-,28+/m1/s1. The second kappa shape index (κ2) is 8.15. The molecule has 194 valence electrons. The van der Waals surface area contributed by atoms with Crippen LogP contribution in [-0.2, 0) is 9.53 Å². The molecule has 0 aliphatic heterocycles. The van der Waals surface area contributed by atoms with E-state index in [0.717, 1.165) is 0 Å². The van der Waals surface area contributed by atoms with Gasteiger partial charge in [-0.3, -0.25) is 4.79 Å². The first kappa shape index (κ1) is 25.5. The van der Waals surface area contributed by atoms with Gasteiger partial charge in [-0.2, -0.15) is 0 Å². The van der Waals surface area contributed by atoms with Crippen LogP contribution in [0.5, 0.6) is 0 Å². The van der Waals surface area contributed by atoms with Gasteiger partial charge in [0.05, 0.1) is 17.0 Å². The van der Waals surface area contributed by atoms with E-state index in [-0.39, 0.29) is 45.1 Å². The zero-order chi connectivity index (χ0) is 26.4. The highest BCUT2D eigenvalue weighted by Gasteiger charge is 2.76. The summed E-state index contributed by atoms with van der Waals surface area (Å²) in [6.07, 6.45) is 1.13. The largest absolute Gasteiger partial charge is 0.451 e. The van der Waals surface area contributed by atoms with Gasteiger partial charge >= 0.3 is 5.97 Å². The summed E-state index contributed by atoms with van der Waals surface area (Å²) in [5, 5.41) is 37.4. The van der Waals surface area contributed by atoms with Gasteiger partial charge in [0.1, 0.15) is 11.7 Å². The molecule has 5 rings (SSSR count). The monoisotopic (exact) mass is 515 g/mol. The third kappa shape index (κ3) is 3.03. The summed E-state index contributed by atoms with van der Waals surface area (Å²) < 4.78 is 5.92. The first-order valence-electron chi connectivity index (χ1n) is 12.5. The maximum Gasteiger partial charge on any atom is 0.342 e. The molecule has 4 N–H and O–H groups in total. The molecule has 7 nitrogen and oxygen atoms in total. The first-order valence-corrected chi connectivity index (χ1v) is 12.9. The Hall–Kier alpha value is -2.19. The normalized spacial score (nSPS) is 40.2. The maximum absolute atomic E-state index is 14.4. The van der Waals surface area contributed by atoms with Gasteiger partial charge in [0.25, 0.3) is 0 Å². The van der Waals surface area contributed by atoms with E-state index < -0.39 is 41.7 Å². The van der Waals surface area contributed by atoms with Crippen molar-refractivity contribution in [2.24, 2.45) is 34.5 Å². The Kier molecular flexibility index (Phi) is 5.77. The predicted octanol–water partition coefficient (Wildman–Crippen LogP) is 3.38. The van der Waals surface area contributed by atoms with Crippen molar-refractivity contribution in [3.8, 4) is 0 Å². The molecule has 2 bridgehead atoms. The number of fused-ring (bicyclic) bond motifs is 3. The zero-order valence-electron chi connectivity index (χ0n) is 21.2. The molecule has 8 atom stereocenters. The van der Waals surface area contributed by atoms with E-state index in [0.29, 0.717) is 17.7 Å². The van der Waals surface area contributed by atoms with Crippen molar-refractivity contribution in [2.75, 3.05) is 19.0 Å². The second-order valence-corrected chi connectivity index (χ2v) is 12.0. The Balaban J connectivity index is 1.64. The zero-order valence-corrected chi connectivity index (χ0v) is 22.0. The number of ketones is 1. The number of ether oxygens (including phenoxy) is 1. The lowest BCUT2D eigenvalue weighted by molar-refractivity contribution is -0.190. The number of aliphatic hydroxyl groups is 3. The number of allylic oxidation sites excluding steroid dienone is 1. The van der Waals surface area contributed by atoms with Crippen LogP contribution >= 0.6 is 11.6 Å². The molecule has 1 aromatic carbocycles. The number of aliphatic hydroxyl groups excluding tert-OH is 2. The van der Waals surface area contributed by atoms with Gasteiger partial charge in [0.2, 0.25) is 0 Å². The van der Waals surface area contributed by atoms with E-state index >= 15 is 0 Å². The van der Waals surface area contributed by atoms with Crippen molar-refractivity contribution < 1.29 is 29.6 Å². The van der Waals surface area contributed by atoms with Crippen molar-refractivity contribution >= 4 is 29.0 Å². The first-order chi connectivity index (χ1) is 16.9. The Morgan fingerprint density at radius 1 is 1.31 bits per heavy atom. The van der Waals surface area contributed by atoms with E-state index in [1.165, 1.54) is 0 Å². The molecule has 1 aromatic rings. The summed E-state index contributed by atoms with van der Waals surface area (Å²) in [5.41, 5.74) is -2.52. The summed E-state index contributed by atoms with van der Waals surface area (Å²) in [7, 11) is 1.65. The molecule has 2 saturated carbocycles. The smallest absolute Gasteiger partial charge is 0.342 e. The molecule has 0 heterocycles. The van der Waals surface area contributed by atoms with E-state index in [1.807, 2.05) is 6.92 Å². The van der Waals surface area contributed by atoms with Crippen LogP contribution in [0.15, 0.2) is 41.5 Å². The van der Waals surface area contributed by atoms with Gasteiger partial charge < -0.3 is 25.4 Å². The minimum absolute atomic E-state index is 0.0551. The highest BCUT2D eigenvalue weighted by molar-refractivity contribution is 6.34. The average Bonchev–Trinajstić information content (AvgIpc) is 3.32. The molecule has 36 heavy (non-hydrogen) atoms. The topological polar surface area (TPSA) is 116 Å². The minimum Gasteiger partial charge on any atom is -0.451 e. The van der Waals surface area contributed by atoms with Crippen LogP contribution in [0.25, 0.3) is 0 Å². The Morgan fingerprint density at radius 2 is 2.00 bits per heavy atom. The van der Waals surface area contributed by atoms with Crippen molar-refractivity contribution in [2.45, 2.75) is 51.9 Å². The molecular formula is C28H34ClNO6. The van der Waals surface area contributed by atoms with Crippen molar-refractivity contribution in [3.63, 3.8) is 0 Å². The number of nitrogens with one attached hydrogen (secondary N) is 1. The van der Waals surface area contributed by atoms with Crippen LogP contribution in [0.1, 0.15) is 44.5 Å². The number of anilines is 1. The molecule has 1 spiro atoms. The lowest BCUT2D eigenvalue weighted by Crippen LogP contribution is -2.65. The number of esters is 1. The molecule has 8 heteroatoms. The molecule has 2 fully saturated rings. The number of benzene rings is 1. The Labute approximate surface area is 216 Å². The van der Waals surface area contributed by atoms with Crippen molar-refractivity contribution in [1.82, 2.24) is 0 Å². The van der Waals surface area contributed by atoms with Gasteiger partial charge in [-0.05, 0) is 59.8 Å². The fourth-order valence-corrected chi connectivity index (χ4v) is 7.95. The lowest BCUT2D eigenvalue weighted by atomic mass is 9.59. The number of carbonyl (C=O) groups is 2. The number of hydrogen-bond acceptors (Lipinski definition) is 7. The van der Waals surface area contributed by atoms with Crippen LogP contribution in [0.4, 0.5) is 5.69 Å². The van der Waals surface area contributed by atoms with Gasteiger partial charge in [0, 0.05) is 18.7 Å². The quantitative estimate of drug-likeness (QED) is 0.359. The maximum atomic E-state index is 14.4. The molecule has 0 unspecified atom stereocenters. The molecule has 0 saturated heterocycles. The van der Waals surface area contributed by atoms with Crippen molar-refractivity contribution in [3.05, 3.63) is 52.1 Å². The number of rotatable bonds is 4. The SMILES string of the molecule is CNc1cccc(Cl)c1C(=O)O[C@H]1C(C)=C[C@@]23C(=O)[C@@H](C=C(CO)[C@@H](O)[C@]12O)[C@H]1[C@@H](C[C@H]3C)C1(C)C. The number of Topliss-reactive ketones (excluding diaryl/α,β-unsaturated/α-hetero) is 1. The molecule has 4 aliphatic carbocycles. The Morgan fingerprint density at radius 3 is 2.64 bits per heavy atom. The van der Waals surface area contributed by atoms with Crippen molar-refractivity contribution in [1.29, 1.82) is 0 Å². The minimum atomic E-state index is -2.19. The fourth-order valence-electron chi connectivity index (χ4n) is 7.70. The predicted molar refractivity (Wildman–Crippen MR) is 136 cm³/mol. The lowest BCUT2D eigenvalue weighted by Gasteiger charge is -2.48. The van der Waals surface area contributed by atoms with Crippen LogP contribution in [-0.4, -0.2) is 58.5 Å². The molecule has 4 aliphatic rings. The summed E-state index contributed by atoms with van der Waals surface area (Å²) in [4.78, 5) is 27.8. The number of carbonyl (C=O) groups excluding carboxylic acids is 2. The van der Waals surface area contributed by atoms with Crippen LogP contribution < -0.4 is 5.32 Å². The van der Waals surface area contributed by atoms with E-state index in [1.54, 1.807) is 44.3 Å². The second-order valence-electron chi connectivity index (χ2n) is 11.6. The van der Waals surface area contributed by atoms with Crippen LogP contribution in [0.3, 0.4) is 0 Å². The molecule has 0 radical (unpaired) electrons. The number of halogens is 1. The summed E-state index contributed by atoms with van der Waals surface area (Å²) in [6.45, 7) is 7.38. The van der Waals surface area contributed by atoms with Crippen LogP contribution in [0.2, 0.25) is 5.02 Å². The van der Waals surface area contributed by atoms with Gasteiger partial charge in [-0.25, -0.2) is 4.79 Å². The third-order valence-corrected chi connectivity index (χ3v) is 9.92. The summed E-state index contributed by atoms with van der Waals surface area (Å²) in [5.74, 6) is -1.54. The Bertz CT molecular complexity index is 1210. The van der Waals surface area contributed by atoms with Gasteiger partial charge in [-0.1, -0.05) is 50.6 Å². The molecule has 0 amide bonds. The summed E-state index contributed by atoms with van der Waals surface area (Å²) >= 11 is 6.33. The highest BCUT2D eigenvalue weighted by Crippen LogP contribution is 2.71. The van der Waals surface area contributed by atoms with E-state index in [2.05, 4.69) is 19.2 Å². The number of hydrogen-bond donors (Lipinski definition) is 4. The molecular weight excluding hydrogens is 482 g/mol. The third-order valence-electron chi connectivity index (χ3n) is 9.61. The van der Waals surface area contributed by atoms with Gasteiger partial charge in [0.15, 0.2) is 17.5 Å². The van der Waals surface area contributed by atoms with Gasteiger partial charge in [-0.15, -0.1) is 0 Å². The van der Waals surface area contributed by atoms with E-state index in [9.17, 15) is 24.9 Å². The fraction of sp³-hybridized carbons (Fsp3) is 0.571. The van der Waals surface area contributed by atoms with Crippen LogP contribution in [0, 0.1) is 34.5 Å². The average molecular weight is 516 g/mol. The highest BCUT2D eigenvalue weighted by atomic mass is 35.5. The summed E-state index contributed by atoms with van der Waals surface area (Å²) in [6, 6.07) is 4.94. The van der Waals surface area contributed by atoms with E-state index in [4.69, 9.17) is 16.3 Å². The molecule has 0 aromatic heterocycles.